The van der Waals surface area contributed by atoms with E-state index in [0.717, 1.165) is 83.5 Å². The number of rotatable bonds is 46. The number of unbranched alkanes of at least 4 members (excludes halogenated alkanes) is 16. The van der Waals surface area contributed by atoms with Gasteiger partial charge in [0.15, 0.2) is 12.1 Å². The smallest absolute Gasteiger partial charge is 0.362 e. The summed E-state index contributed by atoms with van der Waals surface area (Å²) < 4.78 is 17.3. The van der Waals surface area contributed by atoms with Crippen LogP contribution in [0, 0.1) is 0 Å². The Balaban J connectivity index is 4.36. The predicted octanol–water partition coefficient (Wildman–Crippen LogP) is 15.4. The highest BCUT2D eigenvalue weighted by atomic mass is 16.6. The molecule has 0 saturated carbocycles. The fraction of sp³-hybridized carbons (Fsp3) is 0.672. The fourth-order valence-electron chi connectivity index (χ4n) is 7.19. The molecule has 0 heterocycles. The van der Waals surface area contributed by atoms with Crippen LogP contribution in [0.15, 0.2) is 97.2 Å². The first-order valence-electron chi connectivity index (χ1n) is 26.3. The van der Waals surface area contributed by atoms with Gasteiger partial charge in [0, 0.05) is 19.3 Å². The van der Waals surface area contributed by atoms with E-state index in [1.165, 1.54) is 77.0 Å². The van der Waals surface area contributed by atoms with Crippen LogP contribution in [0.1, 0.15) is 200 Å². The Morgan fingerprint density at radius 1 is 0.470 bits per heavy atom. The third kappa shape index (κ3) is 45.4. The van der Waals surface area contributed by atoms with Gasteiger partial charge in [-0.05, 0) is 89.9 Å². The molecule has 8 heteroatoms. The van der Waals surface area contributed by atoms with Crippen LogP contribution in [0.25, 0.3) is 0 Å². The van der Waals surface area contributed by atoms with E-state index in [2.05, 4.69) is 111 Å². The van der Waals surface area contributed by atoms with Crippen molar-refractivity contribution in [2.75, 3.05) is 41.0 Å². The van der Waals surface area contributed by atoms with Crippen LogP contribution in [0.5, 0.6) is 0 Å². The van der Waals surface area contributed by atoms with Crippen LogP contribution in [-0.2, 0) is 28.6 Å². The molecule has 66 heavy (non-hydrogen) atoms. The van der Waals surface area contributed by atoms with Crippen molar-refractivity contribution in [3.8, 4) is 0 Å². The standard InChI is InChI=1S/C58H97NO7/c1-6-8-10-12-14-16-18-20-22-24-26-28-29-31-33-35-37-39-41-43-45-47-49-57(61)66-54(52-64-51-50-55(58(62)63)59(3,4)5)53-65-56(60)48-46-44-42-40-38-36-34-32-30-27-25-23-21-19-17-15-13-11-9-7-2/h9,11,15,17,21,23-24,26-27,29-31,34,36,40,42,54-55H,6-8,10,12-14,16,18-20,22,25,28,32-33,35,37-39,41,43-53H2,1-5H3/p+1/b11-9+,17-15+,23-21+,26-24+,30-27+,31-29+,36-34+,42-40+. The van der Waals surface area contributed by atoms with Gasteiger partial charge < -0.3 is 23.8 Å². The molecular formula is C58H98NO7+. The third-order valence-corrected chi connectivity index (χ3v) is 11.2. The molecule has 0 rings (SSSR count). The van der Waals surface area contributed by atoms with E-state index in [-0.39, 0.29) is 42.7 Å². The lowest BCUT2D eigenvalue weighted by molar-refractivity contribution is -0.887. The van der Waals surface area contributed by atoms with Crippen LogP contribution >= 0.6 is 0 Å². The summed E-state index contributed by atoms with van der Waals surface area (Å²) in [4.78, 5) is 37.2. The minimum atomic E-state index is -0.887. The van der Waals surface area contributed by atoms with Gasteiger partial charge in [-0.25, -0.2) is 4.79 Å². The Bertz CT molecular complexity index is 1400. The molecule has 0 spiro atoms. The van der Waals surface area contributed by atoms with Crippen LogP contribution in [0.4, 0.5) is 0 Å². The molecule has 376 valence electrons. The maximum atomic E-state index is 12.8. The van der Waals surface area contributed by atoms with Gasteiger partial charge in [0.2, 0.25) is 0 Å². The largest absolute Gasteiger partial charge is 0.477 e. The average molecular weight is 921 g/mol. The molecule has 8 nitrogen and oxygen atoms in total. The van der Waals surface area contributed by atoms with Gasteiger partial charge in [0.25, 0.3) is 0 Å². The van der Waals surface area contributed by atoms with Gasteiger partial charge in [0.1, 0.15) is 6.61 Å². The highest BCUT2D eigenvalue weighted by Gasteiger charge is 2.31. The van der Waals surface area contributed by atoms with Gasteiger partial charge in [-0.2, -0.15) is 0 Å². The summed E-state index contributed by atoms with van der Waals surface area (Å²) in [5.74, 6) is -1.56. The summed E-state index contributed by atoms with van der Waals surface area (Å²) in [7, 11) is 5.51. The number of carboxylic acid groups (broad SMARTS) is 1. The van der Waals surface area contributed by atoms with E-state index in [1.807, 2.05) is 21.1 Å². The van der Waals surface area contributed by atoms with Crippen LogP contribution < -0.4 is 0 Å². The molecular weight excluding hydrogens is 823 g/mol. The zero-order valence-electron chi connectivity index (χ0n) is 42.9. The molecule has 0 aromatic rings. The number of carbonyl (C=O) groups excluding carboxylic acids is 2. The van der Waals surface area contributed by atoms with Crippen molar-refractivity contribution in [1.82, 2.24) is 0 Å². The molecule has 0 aromatic carbocycles. The minimum Gasteiger partial charge on any atom is -0.477 e. The topological polar surface area (TPSA) is 99.1 Å². The lowest BCUT2D eigenvalue weighted by Crippen LogP contribution is -2.50. The average Bonchev–Trinajstić information content (AvgIpc) is 3.28. The number of hydrogen-bond donors (Lipinski definition) is 1. The van der Waals surface area contributed by atoms with Gasteiger partial charge in [-0.15, -0.1) is 0 Å². The maximum Gasteiger partial charge on any atom is 0.362 e. The molecule has 0 aromatic heterocycles. The van der Waals surface area contributed by atoms with Crippen molar-refractivity contribution >= 4 is 17.9 Å². The molecule has 0 radical (unpaired) electrons. The zero-order chi connectivity index (χ0) is 48.4. The number of quaternary nitrogens is 1. The van der Waals surface area contributed by atoms with Crippen molar-refractivity contribution < 1.29 is 38.2 Å². The van der Waals surface area contributed by atoms with Crippen LogP contribution in [0.2, 0.25) is 0 Å². The van der Waals surface area contributed by atoms with Crippen molar-refractivity contribution in [3.05, 3.63) is 97.2 Å². The van der Waals surface area contributed by atoms with Crippen molar-refractivity contribution in [2.24, 2.45) is 0 Å². The lowest BCUT2D eigenvalue weighted by atomic mass is 10.1. The maximum absolute atomic E-state index is 12.8. The predicted molar refractivity (Wildman–Crippen MR) is 279 cm³/mol. The normalized spacial score (nSPS) is 13.7. The van der Waals surface area contributed by atoms with E-state index in [9.17, 15) is 19.5 Å². The molecule has 1 N–H and O–H groups in total. The second-order valence-corrected chi connectivity index (χ2v) is 18.4. The molecule has 0 aliphatic carbocycles. The molecule has 0 fully saturated rings. The Hall–Kier alpha value is -3.75. The second kappa shape index (κ2) is 47.7. The number of carboxylic acids is 1. The number of likely N-dealkylation sites (N-methyl/N-ethyl adjacent to an activating group) is 1. The summed E-state index contributed by atoms with van der Waals surface area (Å²) in [5, 5.41) is 9.66. The summed E-state index contributed by atoms with van der Waals surface area (Å²) in [6, 6.07) is -0.631. The Morgan fingerprint density at radius 2 is 0.864 bits per heavy atom. The number of carbonyl (C=O) groups is 3. The van der Waals surface area contributed by atoms with Crippen molar-refractivity contribution in [3.63, 3.8) is 0 Å². The highest BCUT2D eigenvalue weighted by molar-refractivity contribution is 5.72. The number of hydrogen-bond acceptors (Lipinski definition) is 6. The quantitative estimate of drug-likeness (QED) is 0.0281. The molecule has 0 aliphatic heterocycles. The summed E-state index contributed by atoms with van der Waals surface area (Å²) in [5.41, 5.74) is 0. The summed E-state index contributed by atoms with van der Waals surface area (Å²) in [6.45, 7) is 4.55. The number of allylic oxidation sites excluding steroid dienone is 16. The molecule has 0 bridgehead atoms. The van der Waals surface area contributed by atoms with Gasteiger partial charge >= 0.3 is 17.9 Å². The Kier molecular flexibility index (Phi) is 45.0. The summed E-state index contributed by atoms with van der Waals surface area (Å²) in [6.07, 6.45) is 64.7. The van der Waals surface area contributed by atoms with Crippen LogP contribution in [0.3, 0.4) is 0 Å². The fourth-order valence-corrected chi connectivity index (χ4v) is 7.19. The molecule has 2 atom stereocenters. The Labute approximate surface area is 405 Å². The van der Waals surface area contributed by atoms with E-state index < -0.39 is 18.1 Å². The first-order chi connectivity index (χ1) is 32.1. The van der Waals surface area contributed by atoms with Gasteiger partial charge in [0.05, 0.1) is 34.4 Å². The van der Waals surface area contributed by atoms with E-state index in [0.29, 0.717) is 19.3 Å². The number of nitrogens with zero attached hydrogens (tertiary/aromatic N) is 1. The Morgan fingerprint density at radius 3 is 1.30 bits per heavy atom. The zero-order valence-corrected chi connectivity index (χ0v) is 42.9. The third-order valence-electron chi connectivity index (χ3n) is 11.2. The summed E-state index contributed by atoms with van der Waals surface area (Å²) >= 11 is 0. The van der Waals surface area contributed by atoms with E-state index >= 15 is 0 Å². The number of esters is 2. The monoisotopic (exact) mass is 921 g/mol. The van der Waals surface area contributed by atoms with Crippen molar-refractivity contribution in [1.29, 1.82) is 0 Å². The van der Waals surface area contributed by atoms with Crippen molar-refractivity contribution in [2.45, 2.75) is 212 Å². The van der Waals surface area contributed by atoms with E-state index in [4.69, 9.17) is 14.2 Å². The molecule has 0 amide bonds. The second-order valence-electron chi connectivity index (χ2n) is 18.4. The minimum absolute atomic E-state index is 0.0340. The molecule has 0 aliphatic rings. The lowest BCUT2D eigenvalue weighted by Gasteiger charge is -2.31. The highest BCUT2D eigenvalue weighted by Crippen LogP contribution is 2.14. The van der Waals surface area contributed by atoms with Gasteiger partial charge in [-0.1, -0.05) is 188 Å². The molecule has 2 unspecified atom stereocenters. The first kappa shape index (κ1) is 62.2. The number of aliphatic carboxylic acids is 1. The SMILES string of the molecule is CC/C=C/C/C=C/C/C=C/C/C=C/C/C=C/C/C=C/CCCC(=O)OCC(COCCC(C(=O)O)[N+](C)(C)C)OC(=O)CCCCCCCCC/C=C/C/C=C/CCCCCCCCCC. The van der Waals surface area contributed by atoms with Gasteiger partial charge in [-0.3, -0.25) is 9.59 Å². The molecule has 0 saturated heterocycles. The van der Waals surface area contributed by atoms with Crippen LogP contribution in [-0.4, -0.2) is 80.6 Å². The first-order valence-corrected chi connectivity index (χ1v) is 26.3. The number of ether oxygens (including phenoxy) is 3. The van der Waals surface area contributed by atoms with E-state index in [1.54, 1.807) is 0 Å².